The Balaban J connectivity index is 2.88. The molecule has 74 valence electrons. The van der Waals surface area contributed by atoms with Crippen LogP contribution in [0.4, 0.5) is 4.39 Å². The first-order chi connectivity index (χ1) is 6.63. The number of halogens is 1. The molecule has 0 bridgehead atoms. The van der Waals surface area contributed by atoms with Crippen LogP contribution in [0.15, 0.2) is 23.4 Å². The van der Waals surface area contributed by atoms with Crippen molar-refractivity contribution in [2.24, 2.45) is 5.16 Å². The SMILES string of the molecule is ON=Cc1ccc(OB(O)O)cc1F. The van der Waals surface area contributed by atoms with Gasteiger partial charge in [0.05, 0.1) is 6.21 Å². The first-order valence-corrected chi connectivity index (χ1v) is 3.63. The van der Waals surface area contributed by atoms with Crippen molar-refractivity contribution >= 4 is 13.5 Å². The van der Waals surface area contributed by atoms with Gasteiger partial charge in [0.15, 0.2) is 0 Å². The quantitative estimate of drug-likeness (QED) is 0.276. The third-order valence-corrected chi connectivity index (χ3v) is 1.41. The highest BCUT2D eigenvalue weighted by Gasteiger charge is 2.12. The maximum atomic E-state index is 13.0. The number of hydrogen-bond acceptors (Lipinski definition) is 5. The maximum Gasteiger partial charge on any atom is 0.707 e. The zero-order valence-electron chi connectivity index (χ0n) is 6.96. The number of benzene rings is 1. The minimum Gasteiger partial charge on any atom is -0.512 e. The van der Waals surface area contributed by atoms with Crippen LogP contribution in [0.5, 0.6) is 5.75 Å². The lowest BCUT2D eigenvalue weighted by molar-refractivity contribution is 0.287. The zero-order valence-corrected chi connectivity index (χ0v) is 6.96. The van der Waals surface area contributed by atoms with Gasteiger partial charge >= 0.3 is 7.32 Å². The summed E-state index contributed by atoms with van der Waals surface area (Å²) in [6.07, 6.45) is 0.911. The van der Waals surface area contributed by atoms with E-state index in [1.165, 1.54) is 12.1 Å². The van der Waals surface area contributed by atoms with Crippen molar-refractivity contribution in [3.63, 3.8) is 0 Å². The van der Waals surface area contributed by atoms with E-state index in [1.54, 1.807) is 0 Å². The molecule has 1 aromatic carbocycles. The second-order valence-corrected chi connectivity index (χ2v) is 2.37. The molecule has 5 nitrogen and oxygen atoms in total. The Bertz CT molecular complexity index is 344. The summed E-state index contributed by atoms with van der Waals surface area (Å²) in [5.41, 5.74) is 0.0623. The van der Waals surface area contributed by atoms with E-state index in [0.29, 0.717) is 0 Å². The maximum absolute atomic E-state index is 13.0. The van der Waals surface area contributed by atoms with Gasteiger partial charge in [-0.15, -0.1) is 0 Å². The highest BCUT2D eigenvalue weighted by molar-refractivity contribution is 6.33. The van der Waals surface area contributed by atoms with E-state index in [4.69, 9.17) is 15.3 Å². The summed E-state index contributed by atoms with van der Waals surface area (Å²) in [5, 5.41) is 27.6. The largest absolute Gasteiger partial charge is 0.707 e. The van der Waals surface area contributed by atoms with Crippen LogP contribution in [0.1, 0.15) is 5.56 Å². The van der Waals surface area contributed by atoms with Gasteiger partial charge in [0.25, 0.3) is 0 Å². The van der Waals surface area contributed by atoms with Crippen molar-refractivity contribution in [1.29, 1.82) is 0 Å². The van der Waals surface area contributed by atoms with Gasteiger partial charge in [-0.25, -0.2) is 4.39 Å². The first-order valence-electron chi connectivity index (χ1n) is 3.63. The molecule has 1 aromatic rings. The Morgan fingerprint density at radius 1 is 1.43 bits per heavy atom. The Hall–Kier alpha value is -1.60. The fourth-order valence-electron chi connectivity index (χ4n) is 0.870. The van der Waals surface area contributed by atoms with E-state index >= 15 is 0 Å². The molecule has 7 heteroatoms. The Morgan fingerprint density at radius 2 is 2.14 bits per heavy atom. The monoisotopic (exact) mass is 199 g/mol. The van der Waals surface area contributed by atoms with Crippen molar-refractivity contribution < 1.29 is 24.3 Å². The molecular formula is C7H7BFNO4. The molecule has 0 aliphatic rings. The molecule has 0 radical (unpaired) electrons. The summed E-state index contributed by atoms with van der Waals surface area (Å²) in [4.78, 5) is 0. The summed E-state index contributed by atoms with van der Waals surface area (Å²) in [7, 11) is -1.99. The van der Waals surface area contributed by atoms with E-state index in [9.17, 15) is 4.39 Å². The summed E-state index contributed by atoms with van der Waals surface area (Å²) < 4.78 is 17.4. The smallest absolute Gasteiger partial charge is 0.512 e. The molecule has 0 heterocycles. The lowest BCUT2D eigenvalue weighted by atomic mass is 10.2. The van der Waals surface area contributed by atoms with Crippen LogP contribution in [0.2, 0.25) is 0 Å². The number of hydrogen-bond donors (Lipinski definition) is 3. The van der Waals surface area contributed by atoms with Gasteiger partial charge in [0.2, 0.25) is 0 Å². The highest BCUT2D eigenvalue weighted by atomic mass is 19.1. The minimum atomic E-state index is -1.99. The third-order valence-electron chi connectivity index (χ3n) is 1.41. The molecule has 0 aromatic heterocycles. The van der Waals surface area contributed by atoms with Gasteiger partial charge in [0.1, 0.15) is 11.6 Å². The summed E-state index contributed by atoms with van der Waals surface area (Å²) in [6, 6.07) is 3.52. The molecule has 14 heavy (non-hydrogen) atoms. The lowest BCUT2D eigenvalue weighted by Gasteiger charge is -2.04. The number of oxime groups is 1. The predicted molar refractivity (Wildman–Crippen MR) is 46.6 cm³/mol. The van der Waals surface area contributed by atoms with Gasteiger partial charge in [-0.3, -0.25) is 0 Å². The molecule has 0 atom stereocenters. The van der Waals surface area contributed by atoms with Crippen molar-refractivity contribution in [3.05, 3.63) is 29.6 Å². The highest BCUT2D eigenvalue weighted by Crippen LogP contribution is 2.15. The fraction of sp³-hybridized carbons (Fsp3) is 0. The molecule has 0 aliphatic heterocycles. The molecule has 0 saturated carbocycles. The predicted octanol–water partition coefficient (Wildman–Crippen LogP) is -0.0179. The van der Waals surface area contributed by atoms with Crippen LogP contribution in [-0.4, -0.2) is 28.8 Å². The average Bonchev–Trinajstić information content (AvgIpc) is 2.09. The summed E-state index contributed by atoms with van der Waals surface area (Å²) >= 11 is 0. The first kappa shape index (κ1) is 10.5. The molecule has 1 rings (SSSR count). The number of nitrogens with zero attached hydrogens (tertiary/aromatic N) is 1. The van der Waals surface area contributed by atoms with Gasteiger partial charge in [-0.1, -0.05) is 5.16 Å². The van der Waals surface area contributed by atoms with Crippen molar-refractivity contribution in [1.82, 2.24) is 0 Å². The van der Waals surface area contributed by atoms with Crippen LogP contribution in [0.3, 0.4) is 0 Å². The standard InChI is InChI=1S/C7H7BFNO4/c9-7-3-6(14-8(11)12)2-1-5(7)4-10-13/h1-4,11-13H. The molecular weight excluding hydrogens is 192 g/mol. The lowest BCUT2D eigenvalue weighted by Crippen LogP contribution is -2.20. The Kier molecular flexibility index (Phi) is 3.44. The van der Waals surface area contributed by atoms with Gasteiger partial charge < -0.3 is 19.9 Å². The van der Waals surface area contributed by atoms with Crippen molar-refractivity contribution in [2.75, 3.05) is 0 Å². The minimum absolute atomic E-state index is 0.0346. The topological polar surface area (TPSA) is 82.3 Å². The fourth-order valence-corrected chi connectivity index (χ4v) is 0.870. The van der Waals surface area contributed by atoms with Crippen molar-refractivity contribution in [2.45, 2.75) is 0 Å². The molecule has 0 spiro atoms. The second kappa shape index (κ2) is 4.59. The molecule has 0 aliphatic carbocycles. The van der Waals surface area contributed by atoms with Gasteiger partial charge in [-0.2, -0.15) is 0 Å². The molecule has 3 N–H and O–H groups in total. The molecule has 0 fully saturated rings. The van der Waals surface area contributed by atoms with Gasteiger partial charge in [0, 0.05) is 11.6 Å². The Labute approximate surface area is 79.2 Å². The molecule has 0 saturated heterocycles. The molecule has 0 unspecified atom stereocenters. The van der Waals surface area contributed by atoms with Crippen LogP contribution >= 0.6 is 0 Å². The van der Waals surface area contributed by atoms with Crippen LogP contribution in [0, 0.1) is 5.82 Å². The van der Waals surface area contributed by atoms with Gasteiger partial charge in [-0.05, 0) is 12.1 Å². The second-order valence-electron chi connectivity index (χ2n) is 2.37. The van der Waals surface area contributed by atoms with Crippen molar-refractivity contribution in [3.8, 4) is 5.75 Å². The van der Waals surface area contributed by atoms with Crippen LogP contribution in [-0.2, 0) is 0 Å². The van der Waals surface area contributed by atoms with E-state index < -0.39 is 13.1 Å². The van der Waals surface area contributed by atoms with E-state index in [0.717, 1.165) is 12.3 Å². The van der Waals surface area contributed by atoms with E-state index in [-0.39, 0.29) is 11.3 Å². The normalized spacial score (nSPS) is 10.5. The Morgan fingerprint density at radius 3 is 2.64 bits per heavy atom. The third kappa shape index (κ3) is 2.72. The molecule has 0 amide bonds. The summed E-state index contributed by atoms with van der Waals surface area (Å²) in [5.74, 6) is -0.728. The number of rotatable bonds is 3. The summed E-state index contributed by atoms with van der Waals surface area (Å²) in [6.45, 7) is 0. The van der Waals surface area contributed by atoms with E-state index in [1.807, 2.05) is 0 Å². The van der Waals surface area contributed by atoms with Crippen LogP contribution < -0.4 is 4.65 Å². The van der Waals surface area contributed by atoms with Crippen LogP contribution in [0.25, 0.3) is 0 Å². The zero-order chi connectivity index (χ0) is 10.6. The van der Waals surface area contributed by atoms with E-state index in [2.05, 4.69) is 9.81 Å². The average molecular weight is 199 g/mol.